The molecule has 0 saturated carbocycles. The maximum absolute atomic E-state index is 12.8. The Labute approximate surface area is 204 Å². The third kappa shape index (κ3) is 6.45. The maximum Gasteiger partial charge on any atom is 0.337 e. The lowest BCUT2D eigenvalue weighted by Crippen LogP contribution is -2.50. The minimum absolute atomic E-state index is 0.0941. The third-order valence-corrected chi connectivity index (χ3v) is 5.70. The number of hydrogen-bond donors (Lipinski definition) is 1. The summed E-state index contributed by atoms with van der Waals surface area (Å²) in [5, 5.41) is 2.90. The highest BCUT2D eigenvalue weighted by molar-refractivity contribution is 5.96. The average molecular weight is 474 g/mol. The molecule has 1 saturated heterocycles. The fourth-order valence-electron chi connectivity index (χ4n) is 3.79. The van der Waals surface area contributed by atoms with Crippen molar-refractivity contribution in [3.8, 4) is 11.5 Å². The van der Waals surface area contributed by atoms with Gasteiger partial charge in [0.15, 0.2) is 0 Å². The Bertz CT molecular complexity index is 1160. The fourth-order valence-corrected chi connectivity index (χ4v) is 3.79. The van der Waals surface area contributed by atoms with Gasteiger partial charge in [0.05, 0.1) is 19.2 Å². The van der Waals surface area contributed by atoms with Gasteiger partial charge in [0.25, 0.3) is 5.91 Å². The van der Waals surface area contributed by atoms with E-state index < -0.39 is 5.97 Å². The van der Waals surface area contributed by atoms with Crippen LogP contribution in [0.25, 0.3) is 0 Å². The van der Waals surface area contributed by atoms with Crippen LogP contribution in [0.3, 0.4) is 0 Å². The second-order valence-electron chi connectivity index (χ2n) is 8.12. The number of anilines is 1. The molecule has 0 spiro atoms. The van der Waals surface area contributed by atoms with Crippen molar-refractivity contribution in [2.75, 3.05) is 45.2 Å². The molecule has 1 aliphatic rings. The second-order valence-corrected chi connectivity index (χ2v) is 8.12. The summed E-state index contributed by atoms with van der Waals surface area (Å²) in [5.41, 5.74) is 1.61. The molecule has 35 heavy (non-hydrogen) atoms. The van der Waals surface area contributed by atoms with Crippen LogP contribution >= 0.6 is 0 Å². The van der Waals surface area contributed by atoms with Crippen LogP contribution in [0.5, 0.6) is 11.5 Å². The number of amides is 2. The summed E-state index contributed by atoms with van der Waals surface area (Å²) in [7, 11) is 1.32. The Kier molecular flexibility index (Phi) is 7.74. The summed E-state index contributed by atoms with van der Waals surface area (Å²) >= 11 is 0. The van der Waals surface area contributed by atoms with Crippen LogP contribution in [-0.4, -0.2) is 67.4 Å². The first-order chi connectivity index (χ1) is 17.0. The Morgan fingerprint density at radius 3 is 2.00 bits per heavy atom. The van der Waals surface area contributed by atoms with Gasteiger partial charge in [-0.2, -0.15) is 0 Å². The van der Waals surface area contributed by atoms with E-state index in [4.69, 9.17) is 4.74 Å². The van der Waals surface area contributed by atoms with E-state index in [1.165, 1.54) is 7.11 Å². The number of para-hydroxylation sites is 1. The maximum atomic E-state index is 12.8. The lowest BCUT2D eigenvalue weighted by atomic mass is 10.1. The molecule has 1 fully saturated rings. The summed E-state index contributed by atoms with van der Waals surface area (Å²) < 4.78 is 10.5. The summed E-state index contributed by atoms with van der Waals surface area (Å²) in [6.07, 6.45) is 0. The van der Waals surface area contributed by atoms with E-state index in [-0.39, 0.29) is 18.4 Å². The van der Waals surface area contributed by atoms with E-state index in [9.17, 15) is 14.4 Å². The minimum atomic E-state index is -0.438. The van der Waals surface area contributed by atoms with E-state index >= 15 is 0 Å². The van der Waals surface area contributed by atoms with Gasteiger partial charge in [-0.25, -0.2) is 4.79 Å². The van der Waals surface area contributed by atoms with Gasteiger partial charge >= 0.3 is 5.97 Å². The lowest BCUT2D eigenvalue weighted by Gasteiger charge is -2.34. The van der Waals surface area contributed by atoms with E-state index in [0.29, 0.717) is 48.7 Å². The highest BCUT2D eigenvalue weighted by atomic mass is 16.5. The van der Waals surface area contributed by atoms with Crippen molar-refractivity contribution in [2.24, 2.45) is 0 Å². The van der Waals surface area contributed by atoms with Gasteiger partial charge in [-0.05, 0) is 60.7 Å². The highest BCUT2D eigenvalue weighted by Gasteiger charge is 2.23. The van der Waals surface area contributed by atoms with E-state index in [2.05, 4.69) is 10.1 Å². The number of nitrogens with zero attached hydrogens (tertiary/aromatic N) is 2. The number of hydrogen-bond acceptors (Lipinski definition) is 6. The number of ether oxygens (including phenoxy) is 2. The summed E-state index contributed by atoms with van der Waals surface area (Å²) in [6.45, 7) is 2.50. The van der Waals surface area contributed by atoms with Gasteiger partial charge in [-0.3, -0.25) is 14.5 Å². The topological polar surface area (TPSA) is 88.2 Å². The number of carbonyl (C=O) groups is 3. The van der Waals surface area contributed by atoms with Crippen molar-refractivity contribution in [3.63, 3.8) is 0 Å². The van der Waals surface area contributed by atoms with E-state index in [1.54, 1.807) is 41.3 Å². The van der Waals surface area contributed by atoms with Crippen molar-refractivity contribution in [2.45, 2.75) is 0 Å². The Morgan fingerprint density at radius 2 is 1.37 bits per heavy atom. The number of methoxy groups -OCH3 is 1. The molecule has 8 heteroatoms. The van der Waals surface area contributed by atoms with Crippen LogP contribution in [-0.2, 0) is 9.53 Å². The predicted molar refractivity (Wildman–Crippen MR) is 132 cm³/mol. The molecule has 2 amide bonds. The molecule has 180 valence electrons. The zero-order valence-corrected chi connectivity index (χ0v) is 19.5. The molecular weight excluding hydrogens is 446 g/mol. The molecule has 1 N–H and O–H groups in total. The summed E-state index contributed by atoms with van der Waals surface area (Å²) in [6, 6.07) is 23.1. The van der Waals surface area contributed by atoms with Crippen LogP contribution in [0.1, 0.15) is 20.7 Å². The first-order valence-corrected chi connectivity index (χ1v) is 11.3. The van der Waals surface area contributed by atoms with Crippen molar-refractivity contribution in [1.82, 2.24) is 9.80 Å². The van der Waals surface area contributed by atoms with Crippen molar-refractivity contribution in [3.05, 3.63) is 90.0 Å². The first-order valence-electron chi connectivity index (χ1n) is 11.3. The van der Waals surface area contributed by atoms with Crippen LogP contribution < -0.4 is 10.1 Å². The smallest absolute Gasteiger partial charge is 0.337 e. The van der Waals surface area contributed by atoms with Gasteiger partial charge in [0, 0.05) is 37.4 Å². The van der Waals surface area contributed by atoms with Crippen LogP contribution in [0.2, 0.25) is 0 Å². The quantitative estimate of drug-likeness (QED) is 0.527. The largest absolute Gasteiger partial charge is 0.465 e. The third-order valence-electron chi connectivity index (χ3n) is 5.70. The van der Waals surface area contributed by atoms with Gasteiger partial charge in [-0.1, -0.05) is 18.2 Å². The number of rotatable bonds is 7. The Balaban J connectivity index is 1.22. The van der Waals surface area contributed by atoms with Gasteiger partial charge < -0.3 is 19.7 Å². The first kappa shape index (κ1) is 24.0. The normalized spacial score (nSPS) is 13.7. The minimum Gasteiger partial charge on any atom is -0.465 e. The molecule has 1 heterocycles. The second kappa shape index (κ2) is 11.3. The molecule has 3 aromatic rings. The van der Waals surface area contributed by atoms with E-state index in [0.717, 1.165) is 5.75 Å². The molecule has 4 rings (SSSR count). The summed E-state index contributed by atoms with van der Waals surface area (Å²) in [4.78, 5) is 40.6. The number of carbonyl (C=O) groups excluding carboxylic acids is 3. The van der Waals surface area contributed by atoms with Crippen LogP contribution in [0.4, 0.5) is 5.69 Å². The zero-order chi connectivity index (χ0) is 24.6. The number of piperazine rings is 1. The highest BCUT2D eigenvalue weighted by Crippen LogP contribution is 2.22. The molecule has 0 radical (unpaired) electrons. The van der Waals surface area contributed by atoms with Crippen molar-refractivity contribution in [1.29, 1.82) is 0 Å². The molecular formula is C27H27N3O5. The zero-order valence-electron chi connectivity index (χ0n) is 19.5. The molecule has 0 aliphatic carbocycles. The Hall–Kier alpha value is -4.17. The van der Waals surface area contributed by atoms with Crippen molar-refractivity contribution >= 4 is 23.5 Å². The van der Waals surface area contributed by atoms with Gasteiger partial charge in [-0.15, -0.1) is 0 Å². The molecule has 0 unspecified atom stereocenters. The molecule has 0 aromatic heterocycles. The van der Waals surface area contributed by atoms with Crippen molar-refractivity contribution < 1.29 is 23.9 Å². The van der Waals surface area contributed by atoms with Crippen LogP contribution in [0, 0.1) is 0 Å². The fraction of sp³-hybridized carbons (Fsp3) is 0.222. The number of nitrogens with one attached hydrogen (secondary N) is 1. The lowest BCUT2D eigenvalue weighted by molar-refractivity contribution is -0.117. The average Bonchev–Trinajstić information content (AvgIpc) is 2.90. The summed E-state index contributed by atoms with van der Waals surface area (Å²) in [5.74, 6) is 0.797. The van der Waals surface area contributed by atoms with Gasteiger partial charge in [0.1, 0.15) is 11.5 Å². The number of esters is 1. The van der Waals surface area contributed by atoms with Gasteiger partial charge in [0.2, 0.25) is 5.91 Å². The number of benzene rings is 3. The molecule has 1 aliphatic heterocycles. The molecule has 8 nitrogen and oxygen atoms in total. The standard InChI is InChI=1S/C27H27N3O5/c1-34-27(33)21-9-7-20(8-10-21)26(32)30-17-15-29(16-18-30)19-25(31)28-22-11-13-24(14-12-22)35-23-5-3-2-4-6-23/h2-14H,15-19H2,1H3,(H,28,31). The van der Waals surface area contributed by atoms with Crippen LogP contribution in [0.15, 0.2) is 78.9 Å². The monoisotopic (exact) mass is 473 g/mol. The molecule has 0 atom stereocenters. The Morgan fingerprint density at radius 1 is 0.771 bits per heavy atom. The predicted octanol–water partition coefficient (Wildman–Crippen LogP) is 3.66. The molecule has 3 aromatic carbocycles. The SMILES string of the molecule is COC(=O)c1ccc(C(=O)N2CCN(CC(=O)Nc3ccc(Oc4ccccc4)cc3)CC2)cc1. The van der Waals surface area contributed by atoms with E-state index in [1.807, 2.05) is 47.4 Å². The molecule has 0 bridgehead atoms.